The lowest BCUT2D eigenvalue weighted by Gasteiger charge is -2.22. The molecule has 3 aromatic carbocycles. The third-order valence-electron chi connectivity index (χ3n) is 5.37. The molecule has 4 rings (SSSR count). The van der Waals surface area contributed by atoms with Crippen LogP contribution in [0, 0.1) is 0 Å². The van der Waals surface area contributed by atoms with Gasteiger partial charge in [-0.25, -0.2) is 8.42 Å². The van der Waals surface area contributed by atoms with E-state index < -0.39 is 22.5 Å². The fourth-order valence-corrected chi connectivity index (χ4v) is 4.69. The molecular weight excluding hydrogens is 466 g/mol. The summed E-state index contributed by atoms with van der Waals surface area (Å²) in [7, 11) is -3.76. The smallest absolute Gasteiger partial charge is 0.326 e. The number of rotatable bonds is 8. The van der Waals surface area contributed by atoms with E-state index in [4.69, 9.17) is 4.74 Å². The Balaban J connectivity index is 1.78. The molecule has 180 valence electrons. The zero-order valence-corrected chi connectivity index (χ0v) is 20.1. The van der Waals surface area contributed by atoms with Crippen LogP contribution in [-0.2, 0) is 24.3 Å². The number of nitrogens with zero attached hydrogens (tertiary/aromatic N) is 1. The highest BCUT2D eigenvalue weighted by atomic mass is 32.2. The van der Waals surface area contributed by atoms with Crippen molar-refractivity contribution in [3.05, 3.63) is 90.0 Å². The number of fused-ring (bicyclic) bond motifs is 1. The number of benzene rings is 3. The molecule has 1 aliphatic rings. The Hall–Kier alpha value is -4.11. The van der Waals surface area contributed by atoms with Gasteiger partial charge in [-0.2, -0.15) is 0 Å². The van der Waals surface area contributed by atoms with E-state index in [1.54, 1.807) is 31.2 Å². The van der Waals surface area contributed by atoms with Gasteiger partial charge in [-0.1, -0.05) is 54.6 Å². The lowest BCUT2D eigenvalue weighted by Crippen LogP contribution is -2.35. The monoisotopic (exact) mass is 491 g/mol. The molecule has 0 atom stereocenters. The van der Waals surface area contributed by atoms with Crippen molar-refractivity contribution in [3.8, 4) is 0 Å². The topological polar surface area (TPSA) is 105 Å². The molecule has 1 heterocycles. The highest BCUT2D eigenvalue weighted by Gasteiger charge is 2.28. The van der Waals surface area contributed by atoms with Crippen molar-refractivity contribution in [1.82, 2.24) is 0 Å². The van der Waals surface area contributed by atoms with Crippen LogP contribution in [0.15, 0.2) is 78.9 Å². The number of hydrogen-bond donors (Lipinski definition) is 2. The third-order valence-corrected chi connectivity index (χ3v) is 6.51. The van der Waals surface area contributed by atoms with Crippen molar-refractivity contribution in [2.24, 2.45) is 0 Å². The number of para-hydroxylation sites is 1. The molecule has 0 unspecified atom stereocenters. The van der Waals surface area contributed by atoms with Gasteiger partial charge in [0, 0.05) is 16.9 Å². The molecule has 2 N–H and O–H groups in total. The van der Waals surface area contributed by atoms with Gasteiger partial charge >= 0.3 is 5.97 Å². The SMILES string of the molecule is CCOC(=O)CN(c1cccc(N/C(=C2\C(=O)Nc3ccccc32)c2ccccc2)c1)S(C)(=O)=O. The van der Waals surface area contributed by atoms with E-state index in [0.29, 0.717) is 28.3 Å². The highest BCUT2D eigenvalue weighted by Crippen LogP contribution is 2.37. The molecule has 0 aromatic heterocycles. The molecule has 3 aromatic rings. The molecule has 0 aliphatic carbocycles. The maximum atomic E-state index is 13.0. The summed E-state index contributed by atoms with van der Waals surface area (Å²) < 4.78 is 30.8. The maximum Gasteiger partial charge on any atom is 0.326 e. The Morgan fingerprint density at radius 3 is 2.43 bits per heavy atom. The molecule has 0 saturated carbocycles. The number of ether oxygens (including phenoxy) is 1. The number of amides is 1. The first-order valence-corrected chi connectivity index (χ1v) is 12.8. The Labute approximate surface area is 204 Å². The fourth-order valence-electron chi connectivity index (χ4n) is 3.86. The third kappa shape index (κ3) is 5.36. The van der Waals surface area contributed by atoms with Crippen molar-refractivity contribution in [2.75, 3.05) is 34.3 Å². The van der Waals surface area contributed by atoms with Gasteiger partial charge < -0.3 is 15.4 Å². The second-order valence-corrected chi connectivity index (χ2v) is 9.77. The van der Waals surface area contributed by atoms with Gasteiger partial charge in [-0.3, -0.25) is 13.9 Å². The van der Waals surface area contributed by atoms with Gasteiger partial charge in [0.05, 0.1) is 29.8 Å². The molecule has 9 heteroatoms. The van der Waals surface area contributed by atoms with Crippen LogP contribution < -0.4 is 14.9 Å². The van der Waals surface area contributed by atoms with Crippen LogP contribution in [-0.4, -0.2) is 39.7 Å². The molecule has 1 amide bonds. The van der Waals surface area contributed by atoms with Crippen LogP contribution in [0.25, 0.3) is 11.3 Å². The normalized spacial score (nSPS) is 14.1. The van der Waals surface area contributed by atoms with Gasteiger partial charge in [0.15, 0.2) is 0 Å². The minimum atomic E-state index is -3.76. The molecule has 8 nitrogen and oxygen atoms in total. The van der Waals surface area contributed by atoms with E-state index in [1.807, 2.05) is 54.6 Å². The zero-order valence-electron chi connectivity index (χ0n) is 19.3. The lowest BCUT2D eigenvalue weighted by atomic mass is 10.00. The summed E-state index contributed by atoms with van der Waals surface area (Å²) in [4.78, 5) is 25.0. The Morgan fingerprint density at radius 2 is 1.71 bits per heavy atom. The Bertz CT molecular complexity index is 1400. The zero-order chi connectivity index (χ0) is 25.0. The Kier molecular flexibility index (Phi) is 6.88. The van der Waals surface area contributed by atoms with Gasteiger partial charge in [0.25, 0.3) is 5.91 Å². The number of carbonyl (C=O) groups excluding carboxylic acids is 2. The predicted octanol–water partition coefficient (Wildman–Crippen LogP) is 3.95. The van der Waals surface area contributed by atoms with E-state index in [2.05, 4.69) is 10.6 Å². The van der Waals surface area contributed by atoms with Crippen LogP contribution in [0.3, 0.4) is 0 Å². The largest absolute Gasteiger partial charge is 0.465 e. The molecule has 1 aliphatic heterocycles. The first-order valence-electron chi connectivity index (χ1n) is 11.0. The summed E-state index contributed by atoms with van der Waals surface area (Å²) in [5, 5.41) is 6.21. The first-order chi connectivity index (χ1) is 16.8. The van der Waals surface area contributed by atoms with Crippen LogP contribution in [0.4, 0.5) is 17.1 Å². The number of sulfonamides is 1. The molecule has 0 radical (unpaired) electrons. The van der Waals surface area contributed by atoms with Crippen molar-refractivity contribution in [3.63, 3.8) is 0 Å². The van der Waals surface area contributed by atoms with Crippen molar-refractivity contribution < 1.29 is 22.7 Å². The molecule has 35 heavy (non-hydrogen) atoms. The van der Waals surface area contributed by atoms with Gasteiger partial charge in [0.1, 0.15) is 6.54 Å². The number of carbonyl (C=O) groups is 2. The molecule has 0 saturated heterocycles. The first kappa shape index (κ1) is 24.0. The molecular formula is C26H25N3O5S. The summed E-state index contributed by atoms with van der Waals surface area (Å²) in [5.74, 6) is -0.892. The standard InChI is InChI=1S/C26H25N3O5S/c1-3-34-23(30)17-29(35(2,32)33)20-13-9-12-19(16-20)27-25(18-10-5-4-6-11-18)24-21-14-7-8-15-22(21)28-26(24)31/h4-16,27H,3,17H2,1-2H3,(H,28,31)/b25-24-. The lowest BCUT2D eigenvalue weighted by molar-refractivity contribution is -0.141. The van der Waals surface area contributed by atoms with E-state index in [9.17, 15) is 18.0 Å². The van der Waals surface area contributed by atoms with Crippen molar-refractivity contribution >= 4 is 50.2 Å². The molecule has 0 bridgehead atoms. The summed E-state index contributed by atoms with van der Waals surface area (Å²) in [6.45, 7) is 1.36. The molecule has 0 spiro atoms. The van der Waals surface area contributed by atoms with Crippen molar-refractivity contribution in [1.29, 1.82) is 0 Å². The van der Waals surface area contributed by atoms with Crippen molar-refractivity contribution in [2.45, 2.75) is 6.92 Å². The minimum Gasteiger partial charge on any atom is -0.465 e. The fraction of sp³-hybridized carbons (Fsp3) is 0.154. The number of nitrogens with one attached hydrogen (secondary N) is 2. The minimum absolute atomic E-state index is 0.148. The Morgan fingerprint density at radius 1 is 1.00 bits per heavy atom. The van der Waals surface area contributed by atoms with Gasteiger partial charge in [-0.15, -0.1) is 0 Å². The highest BCUT2D eigenvalue weighted by molar-refractivity contribution is 7.92. The summed E-state index contributed by atoms with van der Waals surface area (Å²) in [6.07, 6.45) is 1.03. The van der Waals surface area contributed by atoms with Crippen LogP contribution >= 0.6 is 0 Å². The average Bonchev–Trinajstić information content (AvgIpc) is 3.17. The maximum absolute atomic E-state index is 13.0. The number of hydrogen-bond acceptors (Lipinski definition) is 6. The summed E-state index contributed by atoms with van der Waals surface area (Å²) in [6, 6.07) is 23.5. The molecule has 0 fully saturated rings. The second kappa shape index (κ2) is 10.0. The van der Waals surface area contributed by atoms with Gasteiger partial charge in [-0.05, 0) is 36.8 Å². The van der Waals surface area contributed by atoms with E-state index in [-0.39, 0.29) is 12.5 Å². The predicted molar refractivity (Wildman–Crippen MR) is 137 cm³/mol. The quantitative estimate of drug-likeness (QED) is 0.365. The van der Waals surface area contributed by atoms with E-state index >= 15 is 0 Å². The van der Waals surface area contributed by atoms with E-state index in [0.717, 1.165) is 21.7 Å². The summed E-state index contributed by atoms with van der Waals surface area (Å²) in [5.41, 5.74) is 4.15. The number of anilines is 3. The van der Waals surface area contributed by atoms with Crippen LogP contribution in [0.1, 0.15) is 18.1 Å². The second-order valence-electron chi connectivity index (χ2n) is 7.87. The van der Waals surface area contributed by atoms with Crippen LogP contribution in [0.2, 0.25) is 0 Å². The van der Waals surface area contributed by atoms with Crippen LogP contribution in [0.5, 0.6) is 0 Å². The average molecular weight is 492 g/mol. The van der Waals surface area contributed by atoms with E-state index in [1.165, 1.54) is 0 Å². The summed E-state index contributed by atoms with van der Waals surface area (Å²) >= 11 is 0. The number of esters is 1. The van der Waals surface area contributed by atoms with Gasteiger partial charge in [0.2, 0.25) is 10.0 Å².